The molecule has 0 atom stereocenters. The fraction of sp³-hybridized carbons (Fsp3) is 0.111. The van der Waals surface area contributed by atoms with E-state index in [9.17, 15) is 4.79 Å². The highest BCUT2D eigenvalue weighted by Gasteiger charge is 2.18. The van der Waals surface area contributed by atoms with Crippen LogP contribution in [0.3, 0.4) is 0 Å². The number of carbonyl (C=O) groups excluding carboxylic acids is 1. The molecule has 0 aromatic carbocycles. The predicted molar refractivity (Wildman–Crippen MR) is 56.0 cm³/mol. The summed E-state index contributed by atoms with van der Waals surface area (Å²) >= 11 is 5.92. The Kier molecular flexibility index (Phi) is 2.82. The topological polar surface area (TPSA) is 80.8 Å². The Morgan fingerprint density at radius 1 is 1.50 bits per heavy atom. The summed E-state index contributed by atoms with van der Waals surface area (Å²) in [5.41, 5.74) is 1.13. The largest absolute Gasteiger partial charge is 0.464 e. The van der Waals surface area contributed by atoms with Crippen LogP contribution in [0.2, 0.25) is 5.02 Å². The molecule has 0 saturated heterocycles. The van der Waals surface area contributed by atoms with Gasteiger partial charge in [0.05, 0.1) is 29.6 Å². The quantitative estimate of drug-likeness (QED) is 0.798. The van der Waals surface area contributed by atoms with Gasteiger partial charge in [0.15, 0.2) is 5.69 Å². The number of nitrogens with zero attached hydrogens (tertiary/aromatic N) is 3. The van der Waals surface area contributed by atoms with Crippen molar-refractivity contribution >= 4 is 17.6 Å². The highest BCUT2D eigenvalue weighted by atomic mass is 35.5. The molecule has 7 heteroatoms. The molecule has 0 radical (unpaired) electrons. The monoisotopic (exact) mass is 238 g/mol. The summed E-state index contributed by atoms with van der Waals surface area (Å²) < 4.78 is 4.60. The molecule has 0 fully saturated rings. The van der Waals surface area contributed by atoms with E-state index >= 15 is 0 Å². The van der Waals surface area contributed by atoms with Gasteiger partial charge in [-0.15, -0.1) is 0 Å². The number of H-pyrrole nitrogens is 1. The first-order chi connectivity index (χ1) is 7.74. The molecule has 0 amide bonds. The number of rotatable bonds is 2. The summed E-state index contributed by atoms with van der Waals surface area (Å²) in [5, 5.41) is 6.64. The van der Waals surface area contributed by atoms with Crippen molar-refractivity contribution in [2.75, 3.05) is 7.11 Å². The van der Waals surface area contributed by atoms with Gasteiger partial charge in [-0.3, -0.25) is 5.10 Å². The van der Waals surface area contributed by atoms with E-state index in [1.807, 2.05) is 0 Å². The van der Waals surface area contributed by atoms with Crippen molar-refractivity contribution < 1.29 is 9.53 Å². The van der Waals surface area contributed by atoms with Gasteiger partial charge >= 0.3 is 5.97 Å². The molecule has 0 bridgehead atoms. The Balaban J connectivity index is 2.53. The predicted octanol–water partition coefficient (Wildman–Crippen LogP) is 1.31. The number of hydrogen-bond donors (Lipinski definition) is 1. The Hall–Kier alpha value is -1.95. The van der Waals surface area contributed by atoms with Gasteiger partial charge in [-0.1, -0.05) is 11.6 Å². The van der Waals surface area contributed by atoms with Crippen molar-refractivity contribution in [1.29, 1.82) is 0 Å². The number of nitrogens with one attached hydrogen (secondary N) is 1. The van der Waals surface area contributed by atoms with Gasteiger partial charge in [0.2, 0.25) is 0 Å². The van der Waals surface area contributed by atoms with Crippen molar-refractivity contribution in [3.8, 4) is 11.3 Å². The van der Waals surface area contributed by atoms with Gasteiger partial charge in [0.1, 0.15) is 6.33 Å². The lowest BCUT2D eigenvalue weighted by molar-refractivity contribution is 0.0595. The third kappa shape index (κ3) is 1.74. The van der Waals surface area contributed by atoms with Crippen LogP contribution in [0.15, 0.2) is 18.7 Å². The molecule has 0 aliphatic carbocycles. The average Bonchev–Trinajstić information content (AvgIpc) is 2.77. The van der Waals surface area contributed by atoms with E-state index in [4.69, 9.17) is 11.6 Å². The van der Waals surface area contributed by atoms with Crippen LogP contribution in [0.4, 0.5) is 0 Å². The van der Waals surface area contributed by atoms with E-state index in [1.165, 1.54) is 25.8 Å². The fourth-order valence-electron chi connectivity index (χ4n) is 1.23. The van der Waals surface area contributed by atoms with Crippen LogP contribution in [0.1, 0.15) is 10.5 Å². The number of hydrogen-bond acceptors (Lipinski definition) is 5. The van der Waals surface area contributed by atoms with Crippen LogP contribution in [0.5, 0.6) is 0 Å². The maximum absolute atomic E-state index is 11.4. The minimum Gasteiger partial charge on any atom is -0.464 e. The van der Waals surface area contributed by atoms with Crippen LogP contribution in [-0.2, 0) is 4.74 Å². The number of methoxy groups -OCH3 is 1. The van der Waals surface area contributed by atoms with Crippen LogP contribution in [0, 0.1) is 0 Å². The zero-order valence-electron chi connectivity index (χ0n) is 8.27. The molecule has 0 saturated carbocycles. The van der Waals surface area contributed by atoms with Crippen molar-refractivity contribution in [2.45, 2.75) is 0 Å². The zero-order valence-corrected chi connectivity index (χ0v) is 9.02. The Morgan fingerprint density at radius 3 is 3.00 bits per heavy atom. The fourth-order valence-corrected chi connectivity index (χ4v) is 1.44. The normalized spacial score (nSPS) is 10.1. The van der Waals surface area contributed by atoms with E-state index in [2.05, 4.69) is 24.9 Å². The maximum Gasteiger partial charge on any atom is 0.356 e. The smallest absolute Gasteiger partial charge is 0.356 e. The summed E-state index contributed by atoms with van der Waals surface area (Å²) in [7, 11) is 1.29. The lowest BCUT2D eigenvalue weighted by Crippen LogP contribution is -2.04. The first-order valence-electron chi connectivity index (χ1n) is 4.31. The summed E-state index contributed by atoms with van der Waals surface area (Å²) in [5.74, 6) is -0.526. The average molecular weight is 239 g/mol. The number of aromatic amines is 1. The lowest BCUT2D eigenvalue weighted by Gasteiger charge is -2.01. The summed E-state index contributed by atoms with van der Waals surface area (Å²) in [6.07, 6.45) is 4.24. The molecule has 82 valence electrons. The van der Waals surface area contributed by atoms with Gasteiger partial charge in [-0.25, -0.2) is 14.8 Å². The van der Waals surface area contributed by atoms with E-state index in [0.29, 0.717) is 16.3 Å². The first kappa shape index (κ1) is 10.6. The number of aromatic nitrogens is 4. The van der Waals surface area contributed by atoms with Crippen molar-refractivity contribution in [1.82, 2.24) is 20.2 Å². The Bertz CT molecular complexity index is 526. The second kappa shape index (κ2) is 4.28. The Labute approximate surface area is 95.6 Å². The summed E-state index contributed by atoms with van der Waals surface area (Å²) in [6, 6.07) is 0. The Morgan fingerprint density at radius 2 is 2.31 bits per heavy atom. The van der Waals surface area contributed by atoms with Crippen molar-refractivity contribution in [2.24, 2.45) is 0 Å². The standard InChI is InChI=1S/C9H7ClN4O2/c1-16-9(15)8-5(2-13-14-8)7-6(10)3-11-4-12-7/h2-4H,1H3,(H,13,14). The molecule has 2 aromatic rings. The third-order valence-corrected chi connectivity index (χ3v) is 2.23. The summed E-state index contributed by atoms with van der Waals surface area (Å²) in [6.45, 7) is 0. The zero-order chi connectivity index (χ0) is 11.5. The number of carbonyl (C=O) groups is 1. The number of ether oxygens (including phenoxy) is 1. The van der Waals surface area contributed by atoms with Crippen molar-refractivity contribution in [3.05, 3.63) is 29.4 Å². The van der Waals surface area contributed by atoms with E-state index in [-0.39, 0.29) is 5.69 Å². The maximum atomic E-state index is 11.4. The molecule has 0 aliphatic rings. The third-order valence-electron chi connectivity index (χ3n) is 1.95. The van der Waals surface area contributed by atoms with E-state index in [1.54, 1.807) is 0 Å². The highest BCUT2D eigenvalue weighted by Crippen LogP contribution is 2.26. The van der Waals surface area contributed by atoms with Gasteiger partial charge in [0.25, 0.3) is 0 Å². The molecular formula is C9H7ClN4O2. The molecule has 0 aliphatic heterocycles. The first-order valence-corrected chi connectivity index (χ1v) is 4.69. The van der Waals surface area contributed by atoms with Gasteiger partial charge in [0, 0.05) is 6.20 Å². The molecule has 2 aromatic heterocycles. The van der Waals surface area contributed by atoms with Crippen LogP contribution in [-0.4, -0.2) is 33.2 Å². The van der Waals surface area contributed by atoms with E-state index < -0.39 is 5.97 Å². The second-order valence-corrected chi connectivity index (χ2v) is 3.28. The van der Waals surface area contributed by atoms with Crippen LogP contribution in [0.25, 0.3) is 11.3 Å². The molecule has 16 heavy (non-hydrogen) atoms. The van der Waals surface area contributed by atoms with Gasteiger partial charge in [-0.05, 0) is 0 Å². The van der Waals surface area contributed by atoms with E-state index in [0.717, 1.165) is 0 Å². The highest BCUT2D eigenvalue weighted by molar-refractivity contribution is 6.33. The minimum absolute atomic E-state index is 0.211. The molecule has 2 heterocycles. The molecule has 0 unspecified atom stereocenters. The molecular weight excluding hydrogens is 232 g/mol. The molecule has 1 N–H and O–H groups in total. The van der Waals surface area contributed by atoms with Crippen LogP contribution >= 0.6 is 11.6 Å². The lowest BCUT2D eigenvalue weighted by atomic mass is 10.2. The minimum atomic E-state index is -0.526. The molecule has 0 spiro atoms. The molecule has 6 nitrogen and oxygen atoms in total. The van der Waals surface area contributed by atoms with Gasteiger partial charge < -0.3 is 4.74 Å². The SMILES string of the molecule is COC(=O)c1[nH]ncc1-c1ncncc1Cl. The van der Waals surface area contributed by atoms with Crippen molar-refractivity contribution in [3.63, 3.8) is 0 Å². The number of esters is 1. The number of halogens is 1. The van der Waals surface area contributed by atoms with Crippen LogP contribution < -0.4 is 0 Å². The summed E-state index contributed by atoms with van der Waals surface area (Å²) in [4.78, 5) is 19.1. The second-order valence-electron chi connectivity index (χ2n) is 2.87. The van der Waals surface area contributed by atoms with Gasteiger partial charge in [-0.2, -0.15) is 5.10 Å². The molecule has 2 rings (SSSR count).